The quantitative estimate of drug-likeness (QED) is 0.938. The topological polar surface area (TPSA) is 58.1 Å². The molecule has 1 saturated heterocycles. The Balaban J connectivity index is 1.63. The summed E-state index contributed by atoms with van der Waals surface area (Å²) in [6, 6.07) is 10.7. The van der Waals surface area contributed by atoms with Crippen molar-refractivity contribution in [2.75, 3.05) is 18.4 Å². The smallest absolute Gasteiger partial charge is 0.240 e. The second-order valence-corrected chi connectivity index (χ2v) is 5.66. The third-order valence-corrected chi connectivity index (χ3v) is 4.11. The van der Waals surface area contributed by atoms with Crippen LogP contribution in [0.5, 0.6) is 0 Å². The minimum absolute atomic E-state index is 0.0235. The summed E-state index contributed by atoms with van der Waals surface area (Å²) in [6.45, 7) is 1.36. The lowest BCUT2D eigenvalue weighted by atomic mass is 10.0. The van der Waals surface area contributed by atoms with Crippen LogP contribution >= 0.6 is 11.3 Å². The number of carbonyl (C=O) groups excluding carboxylic acids is 1. The maximum atomic E-state index is 12.0. The Morgan fingerprint density at radius 3 is 3.00 bits per heavy atom. The molecule has 0 unspecified atom stereocenters. The molecule has 1 N–H and O–H groups in total. The molecule has 6 heteroatoms. The van der Waals surface area contributed by atoms with Crippen LogP contribution in [0, 0.1) is 0 Å². The van der Waals surface area contributed by atoms with E-state index >= 15 is 0 Å². The zero-order chi connectivity index (χ0) is 13.8. The second-order valence-electron chi connectivity index (χ2n) is 4.83. The molecule has 1 aliphatic heterocycles. The highest BCUT2D eigenvalue weighted by Gasteiger charge is 2.27. The van der Waals surface area contributed by atoms with Crippen LogP contribution in [0.4, 0.5) is 5.13 Å². The van der Waals surface area contributed by atoms with Gasteiger partial charge < -0.3 is 0 Å². The van der Waals surface area contributed by atoms with Crippen molar-refractivity contribution in [2.24, 2.45) is 0 Å². The predicted octanol–water partition coefficient (Wildman–Crippen LogP) is 2.31. The molecule has 2 aromatic rings. The van der Waals surface area contributed by atoms with Crippen LogP contribution < -0.4 is 5.32 Å². The van der Waals surface area contributed by atoms with Crippen LogP contribution in [0.15, 0.2) is 35.8 Å². The molecule has 1 amide bonds. The monoisotopic (exact) mass is 288 g/mol. The SMILES string of the molecule is O=C(CN1CCC[C@H]1c1ccccc1)Nc1nncs1. The second kappa shape index (κ2) is 6.11. The van der Waals surface area contributed by atoms with Gasteiger partial charge in [0.05, 0.1) is 6.54 Å². The molecule has 1 aromatic carbocycles. The maximum absolute atomic E-state index is 12.0. The fourth-order valence-electron chi connectivity index (χ4n) is 2.64. The highest BCUT2D eigenvalue weighted by molar-refractivity contribution is 7.13. The van der Waals surface area contributed by atoms with Gasteiger partial charge in [0, 0.05) is 6.04 Å². The van der Waals surface area contributed by atoms with Gasteiger partial charge in [-0.05, 0) is 24.9 Å². The van der Waals surface area contributed by atoms with Crippen molar-refractivity contribution < 1.29 is 4.79 Å². The fourth-order valence-corrected chi connectivity index (χ4v) is 3.10. The Labute approximate surface area is 121 Å². The summed E-state index contributed by atoms with van der Waals surface area (Å²) in [7, 11) is 0. The molecule has 1 aliphatic rings. The van der Waals surface area contributed by atoms with Gasteiger partial charge in [-0.3, -0.25) is 15.0 Å². The summed E-state index contributed by atoms with van der Waals surface area (Å²) >= 11 is 1.33. The van der Waals surface area contributed by atoms with Crippen LogP contribution in [-0.4, -0.2) is 34.1 Å². The van der Waals surface area contributed by atoms with Crippen LogP contribution in [0.25, 0.3) is 0 Å². The standard InChI is InChI=1S/C14H16N4OS/c19-13(16-14-17-15-10-20-14)9-18-8-4-7-12(18)11-5-2-1-3-6-11/h1-3,5-6,10,12H,4,7-9H2,(H,16,17,19)/t12-/m0/s1. The maximum Gasteiger partial charge on any atom is 0.240 e. The Morgan fingerprint density at radius 1 is 1.40 bits per heavy atom. The van der Waals surface area contributed by atoms with Crippen LogP contribution in [0.3, 0.4) is 0 Å². The number of rotatable bonds is 4. The minimum Gasteiger partial charge on any atom is -0.299 e. The third kappa shape index (κ3) is 3.02. The van der Waals surface area contributed by atoms with Crippen LogP contribution in [0.2, 0.25) is 0 Å². The zero-order valence-electron chi connectivity index (χ0n) is 11.0. The molecule has 0 spiro atoms. The molecule has 5 nitrogen and oxygen atoms in total. The largest absolute Gasteiger partial charge is 0.299 e. The first-order valence-corrected chi connectivity index (χ1v) is 7.56. The summed E-state index contributed by atoms with van der Waals surface area (Å²) in [5.74, 6) is -0.0235. The van der Waals surface area contributed by atoms with Gasteiger partial charge in [0.1, 0.15) is 5.51 Å². The Morgan fingerprint density at radius 2 is 2.25 bits per heavy atom. The van der Waals surface area contributed by atoms with Gasteiger partial charge >= 0.3 is 0 Å². The van der Waals surface area contributed by atoms with E-state index in [0.29, 0.717) is 17.7 Å². The number of likely N-dealkylation sites (tertiary alicyclic amines) is 1. The summed E-state index contributed by atoms with van der Waals surface area (Å²) in [4.78, 5) is 14.3. The van der Waals surface area contributed by atoms with E-state index in [1.165, 1.54) is 16.9 Å². The van der Waals surface area contributed by atoms with Gasteiger partial charge in [0.15, 0.2) is 0 Å². The van der Waals surface area contributed by atoms with Crippen molar-refractivity contribution in [3.8, 4) is 0 Å². The molecule has 1 atom stereocenters. The summed E-state index contributed by atoms with van der Waals surface area (Å²) in [5, 5.41) is 10.9. The number of benzene rings is 1. The number of amides is 1. The Hall–Kier alpha value is -1.79. The molecule has 104 valence electrons. The Bertz CT molecular complexity index is 558. The number of aromatic nitrogens is 2. The van der Waals surface area contributed by atoms with Gasteiger partial charge in [0.2, 0.25) is 11.0 Å². The van der Waals surface area contributed by atoms with E-state index in [0.717, 1.165) is 19.4 Å². The Kier molecular flexibility index (Phi) is 4.03. The first kappa shape index (κ1) is 13.2. The van der Waals surface area contributed by atoms with E-state index in [2.05, 4.69) is 32.5 Å². The van der Waals surface area contributed by atoms with Crippen LogP contribution in [0.1, 0.15) is 24.4 Å². The summed E-state index contributed by atoms with van der Waals surface area (Å²) in [6.07, 6.45) is 2.24. The lowest BCUT2D eigenvalue weighted by Crippen LogP contribution is -2.32. The summed E-state index contributed by atoms with van der Waals surface area (Å²) in [5.41, 5.74) is 2.90. The molecular formula is C14H16N4OS. The molecular weight excluding hydrogens is 272 g/mol. The number of hydrogen-bond acceptors (Lipinski definition) is 5. The first-order chi connectivity index (χ1) is 9.83. The lowest BCUT2D eigenvalue weighted by molar-refractivity contribution is -0.117. The third-order valence-electron chi connectivity index (χ3n) is 3.50. The molecule has 1 fully saturated rings. The number of anilines is 1. The minimum atomic E-state index is -0.0235. The van der Waals surface area contributed by atoms with E-state index < -0.39 is 0 Å². The van der Waals surface area contributed by atoms with Crippen molar-refractivity contribution in [1.29, 1.82) is 0 Å². The molecule has 2 heterocycles. The number of hydrogen-bond donors (Lipinski definition) is 1. The first-order valence-electron chi connectivity index (χ1n) is 6.68. The van der Waals surface area contributed by atoms with Gasteiger partial charge in [-0.15, -0.1) is 10.2 Å². The molecule has 0 saturated carbocycles. The predicted molar refractivity (Wildman–Crippen MR) is 78.5 cm³/mol. The normalized spacial score (nSPS) is 19.1. The molecule has 0 aliphatic carbocycles. The fraction of sp³-hybridized carbons (Fsp3) is 0.357. The van der Waals surface area contributed by atoms with Crippen molar-refractivity contribution in [1.82, 2.24) is 15.1 Å². The van der Waals surface area contributed by atoms with E-state index in [4.69, 9.17) is 0 Å². The van der Waals surface area contributed by atoms with Crippen molar-refractivity contribution >= 4 is 22.4 Å². The van der Waals surface area contributed by atoms with Gasteiger partial charge in [0.25, 0.3) is 0 Å². The number of carbonyl (C=O) groups is 1. The molecule has 20 heavy (non-hydrogen) atoms. The van der Waals surface area contributed by atoms with Gasteiger partial charge in [-0.25, -0.2) is 0 Å². The van der Waals surface area contributed by atoms with Crippen LogP contribution in [-0.2, 0) is 4.79 Å². The molecule has 0 radical (unpaired) electrons. The number of nitrogens with one attached hydrogen (secondary N) is 1. The van der Waals surface area contributed by atoms with Crippen molar-refractivity contribution in [3.63, 3.8) is 0 Å². The lowest BCUT2D eigenvalue weighted by Gasteiger charge is -2.23. The molecule has 1 aromatic heterocycles. The van der Waals surface area contributed by atoms with E-state index in [1.807, 2.05) is 18.2 Å². The summed E-state index contributed by atoms with van der Waals surface area (Å²) < 4.78 is 0. The average Bonchev–Trinajstić information content (AvgIpc) is 3.11. The van der Waals surface area contributed by atoms with E-state index in [1.54, 1.807) is 5.51 Å². The van der Waals surface area contributed by atoms with Gasteiger partial charge in [-0.2, -0.15) is 0 Å². The highest BCUT2D eigenvalue weighted by Crippen LogP contribution is 2.31. The van der Waals surface area contributed by atoms with Gasteiger partial charge in [-0.1, -0.05) is 41.7 Å². The number of nitrogens with zero attached hydrogens (tertiary/aromatic N) is 3. The van der Waals surface area contributed by atoms with E-state index in [9.17, 15) is 4.79 Å². The van der Waals surface area contributed by atoms with Crippen molar-refractivity contribution in [3.05, 3.63) is 41.4 Å². The zero-order valence-corrected chi connectivity index (χ0v) is 11.8. The molecule has 3 rings (SSSR count). The average molecular weight is 288 g/mol. The highest BCUT2D eigenvalue weighted by atomic mass is 32.1. The molecule has 0 bridgehead atoms. The van der Waals surface area contributed by atoms with Crippen molar-refractivity contribution in [2.45, 2.75) is 18.9 Å². The van der Waals surface area contributed by atoms with E-state index in [-0.39, 0.29) is 5.91 Å².